The van der Waals surface area contributed by atoms with Crippen molar-refractivity contribution in [3.05, 3.63) is 29.6 Å². The summed E-state index contributed by atoms with van der Waals surface area (Å²) in [6.45, 7) is 5.65. The molecule has 0 radical (unpaired) electrons. The summed E-state index contributed by atoms with van der Waals surface area (Å²) >= 11 is 0. The SMILES string of the molecule is Cc1ccncc1CN1CCC(NC2CC2)C1. The van der Waals surface area contributed by atoms with E-state index in [1.807, 2.05) is 12.4 Å². The van der Waals surface area contributed by atoms with Crippen LogP contribution >= 0.6 is 0 Å². The second-order valence-corrected chi connectivity index (χ2v) is 5.46. The van der Waals surface area contributed by atoms with Gasteiger partial charge in [0.25, 0.3) is 0 Å². The molecule has 1 saturated carbocycles. The van der Waals surface area contributed by atoms with Gasteiger partial charge in [-0.25, -0.2) is 0 Å². The molecular formula is C14H21N3. The maximum absolute atomic E-state index is 4.22. The average molecular weight is 231 g/mol. The van der Waals surface area contributed by atoms with Gasteiger partial charge in [0.2, 0.25) is 0 Å². The molecule has 92 valence electrons. The fraction of sp³-hybridized carbons (Fsp3) is 0.643. The first-order valence-electron chi connectivity index (χ1n) is 6.69. The molecule has 0 spiro atoms. The van der Waals surface area contributed by atoms with Crippen LogP contribution in [0.15, 0.2) is 18.5 Å². The van der Waals surface area contributed by atoms with E-state index < -0.39 is 0 Å². The Morgan fingerprint density at radius 3 is 3.00 bits per heavy atom. The van der Waals surface area contributed by atoms with E-state index in [-0.39, 0.29) is 0 Å². The van der Waals surface area contributed by atoms with Crippen molar-refractivity contribution >= 4 is 0 Å². The Kier molecular flexibility index (Phi) is 3.12. The Labute approximate surface area is 103 Å². The second kappa shape index (κ2) is 4.75. The molecule has 2 aliphatic rings. The second-order valence-electron chi connectivity index (χ2n) is 5.46. The third-order valence-corrected chi connectivity index (χ3v) is 3.86. The first kappa shape index (κ1) is 11.2. The highest BCUT2D eigenvalue weighted by Crippen LogP contribution is 2.22. The van der Waals surface area contributed by atoms with Crippen molar-refractivity contribution in [1.29, 1.82) is 0 Å². The number of hydrogen-bond donors (Lipinski definition) is 1. The molecule has 3 heteroatoms. The molecule has 3 rings (SSSR count). The Morgan fingerprint density at radius 1 is 1.35 bits per heavy atom. The predicted molar refractivity (Wildman–Crippen MR) is 68.8 cm³/mol. The molecule has 1 aromatic heterocycles. The van der Waals surface area contributed by atoms with E-state index in [4.69, 9.17) is 0 Å². The van der Waals surface area contributed by atoms with Crippen LogP contribution < -0.4 is 5.32 Å². The van der Waals surface area contributed by atoms with Crippen molar-refractivity contribution in [3.8, 4) is 0 Å². The maximum atomic E-state index is 4.22. The number of nitrogens with zero attached hydrogens (tertiary/aromatic N) is 2. The Hall–Kier alpha value is -0.930. The molecule has 0 amide bonds. The van der Waals surface area contributed by atoms with Gasteiger partial charge in [0, 0.05) is 44.1 Å². The lowest BCUT2D eigenvalue weighted by atomic mass is 10.1. The number of pyridine rings is 1. The molecule has 1 unspecified atom stereocenters. The lowest BCUT2D eigenvalue weighted by Crippen LogP contribution is -2.33. The number of nitrogens with one attached hydrogen (secondary N) is 1. The smallest absolute Gasteiger partial charge is 0.0315 e. The lowest BCUT2D eigenvalue weighted by molar-refractivity contribution is 0.319. The van der Waals surface area contributed by atoms with Gasteiger partial charge in [-0.2, -0.15) is 0 Å². The van der Waals surface area contributed by atoms with Crippen molar-refractivity contribution in [2.24, 2.45) is 0 Å². The van der Waals surface area contributed by atoms with Crippen LogP contribution in [-0.4, -0.2) is 35.1 Å². The Morgan fingerprint density at radius 2 is 2.24 bits per heavy atom. The molecule has 2 fully saturated rings. The van der Waals surface area contributed by atoms with Gasteiger partial charge in [-0.05, 0) is 43.4 Å². The van der Waals surface area contributed by atoms with Crippen molar-refractivity contribution in [2.75, 3.05) is 13.1 Å². The molecular weight excluding hydrogens is 210 g/mol. The van der Waals surface area contributed by atoms with E-state index in [1.54, 1.807) is 0 Å². The molecule has 1 saturated heterocycles. The molecule has 3 nitrogen and oxygen atoms in total. The third-order valence-electron chi connectivity index (χ3n) is 3.86. The van der Waals surface area contributed by atoms with Crippen LogP contribution in [0, 0.1) is 6.92 Å². The topological polar surface area (TPSA) is 28.2 Å². The normalized spacial score (nSPS) is 25.4. The maximum Gasteiger partial charge on any atom is 0.0315 e. The summed E-state index contributed by atoms with van der Waals surface area (Å²) in [6, 6.07) is 3.66. The average Bonchev–Trinajstić information content (AvgIpc) is 3.02. The van der Waals surface area contributed by atoms with Gasteiger partial charge in [-0.15, -0.1) is 0 Å². The summed E-state index contributed by atoms with van der Waals surface area (Å²) in [4.78, 5) is 6.77. The zero-order valence-electron chi connectivity index (χ0n) is 10.5. The van der Waals surface area contributed by atoms with Crippen LogP contribution in [0.3, 0.4) is 0 Å². The van der Waals surface area contributed by atoms with Gasteiger partial charge >= 0.3 is 0 Å². The summed E-state index contributed by atoms with van der Waals surface area (Å²) in [6.07, 6.45) is 7.96. The fourth-order valence-electron chi connectivity index (χ4n) is 2.60. The molecule has 2 heterocycles. The molecule has 0 aromatic carbocycles. The summed E-state index contributed by atoms with van der Waals surface area (Å²) in [5, 5.41) is 3.73. The van der Waals surface area contributed by atoms with Gasteiger partial charge in [0.1, 0.15) is 0 Å². The molecule has 1 aliphatic carbocycles. The number of rotatable bonds is 4. The first-order valence-corrected chi connectivity index (χ1v) is 6.69. The molecule has 1 atom stereocenters. The summed E-state index contributed by atoms with van der Waals surface area (Å²) in [5.74, 6) is 0. The minimum Gasteiger partial charge on any atom is -0.310 e. The number of aromatic nitrogens is 1. The van der Waals surface area contributed by atoms with Gasteiger partial charge in [0.15, 0.2) is 0 Å². The largest absolute Gasteiger partial charge is 0.310 e. The van der Waals surface area contributed by atoms with Crippen molar-refractivity contribution in [3.63, 3.8) is 0 Å². The van der Waals surface area contributed by atoms with E-state index in [2.05, 4.69) is 28.2 Å². The minimum atomic E-state index is 0.722. The van der Waals surface area contributed by atoms with Crippen LogP contribution in [0.1, 0.15) is 30.4 Å². The minimum absolute atomic E-state index is 0.722. The summed E-state index contributed by atoms with van der Waals surface area (Å²) in [7, 11) is 0. The zero-order valence-corrected chi connectivity index (χ0v) is 10.5. The molecule has 0 bridgehead atoms. The molecule has 17 heavy (non-hydrogen) atoms. The summed E-state index contributed by atoms with van der Waals surface area (Å²) < 4.78 is 0. The van der Waals surface area contributed by atoms with E-state index in [1.165, 1.54) is 43.5 Å². The van der Waals surface area contributed by atoms with Crippen molar-refractivity contribution in [1.82, 2.24) is 15.2 Å². The standard InChI is InChI=1S/C14H21N3/c1-11-4-6-15-8-12(11)9-17-7-5-14(10-17)16-13-2-3-13/h4,6,8,13-14,16H,2-3,5,7,9-10H2,1H3. The Balaban J connectivity index is 1.54. The Bertz CT molecular complexity index is 387. The van der Waals surface area contributed by atoms with Crippen LogP contribution in [-0.2, 0) is 6.54 Å². The van der Waals surface area contributed by atoms with Gasteiger partial charge in [-0.3, -0.25) is 9.88 Å². The number of hydrogen-bond acceptors (Lipinski definition) is 3. The fourth-order valence-corrected chi connectivity index (χ4v) is 2.60. The first-order chi connectivity index (χ1) is 8.31. The van der Waals surface area contributed by atoms with Crippen molar-refractivity contribution < 1.29 is 0 Å². The quantitative estimate of drug-likeness (QED) is 0.855. The van der Waals surface area contributed by atoms with Crippen LogP contribution in [0.4, 0.5) is 0 Å². The zero-order chi connectivity index (χ0) is 11.7. The van der Waals surface area contributed by atoms with E-state index >= 15 is 0 Å². The van der Waals surface area contributed by atoms with Crippen LogP contribution in [0.25, 0.3) is 0 Å². The van der Waals surface area contributed by atoms with E-state index in [9.17, 15) is 0 Å². The van der Waals surface area contributed by atoms with Crippen LogP contribution in [0.2, 0.25) is 0 Å². The highest BCUT2D eigenvalue weighted by Gasteiger charge is 2.29. The van der Waals surface area contributed by atoms with Gasteiger partial charge < -0.3 is 5.32 Å². The molecule has 1 aromatic rings. The van der Waals surface area contributed by atoms with Gasteiger partial charge in [0.05, 0.1) is 0 Å². The predicted octanol–water partition coefficient (Wildman–Crippen LogP) is 1.72. The summed E-state index contributed by atoms with van der Waals surface area (Å²) in [5.41, 5.74) is 2.73. The highest BCUT2D eigenvalue weighted by molar-refractivity contribution is 5.21. The molecule has 1 N–H and O–H groups in total. The van der Waals surface area contributed by atoms with E-state index in [0.29, 0.717) is 0 Å². The van der Waals surface area contributed by atoms with Gasteiger partial charge in [-0.1, -0.05) is 0 Å². The monoisotopic (exact) mass is 231 g/mol. The highest BCUT2D eigenvalue weighted by atomic mass is 15.2. The number of aryl methyl sites for hydroxylation is 1. The van der Waals surface area contributed by atoms with Crippen LogP contribution in [0.5, 0.6) is 0 Å². The lowest BCUT2D eigenvalue weighted by Gasteiger charge is -2.17. The third kappa shape index (κ3) is 2.85. The number of likely N-dealkylation sites (tertiary alicyclic amines) is 1. The van der Waals surface area contributed by atoms with E-state index in [0.717, 1.165) is 18.6 Å². The molecule has 1 aliphatic heterocycles. The van der Waals surface area contributed by atoms with Crippen molar-refractivity contribution in [2.45, 2.75) is 44.8 Å².